The molecule has 0 amide bonds. The van der Waals surface area contributed by atoms with Crippen molar-refractivity contribution in [1.29, 1.82) is 0 Å². The van der Waals surface area contributed by atoms with E-state index in [1.807, 2.05) is 25.2 Å². The lowest BCUT2D eigenvalue weighted by Gasteiger charge is -2.21. The lowest BCUT2D eigenvalue weighted by molar-refractivity contribution is 0.364. The van der Waals surface area contributed by atoms with Crippen molar-refractivity contribution in [2.45, 2.75) is 6.04 Å². The molecule has 1 unspecified atom stereocenters. The van der Waals surface area contributed by atoms with Gasteiger partial charge in [0.2, 0.25) is 0 Å². The molecule has 1 heterocycles. The van der Waals surface area contributed by atoms with Gasteiger partial charge < -0.3 is 19.5 Å². The van der Waals surface area contributed by atoms with Gasteiger partial charge in [0.1, 0.15) is 17.2 Å². The van der Waals surface area contributed by atoms with Crippen molar-refractivity contribution in [2.75, 3.05) is 28.4 Å². The molecule has 1 atom stereocenters. The Kier molecular flexibility index (Phi) is 4.87. The Labute approximate surface area is 123 Å². The van der Waals surface area contributed by atoms with Gasteiger partial charge in [0.05, 0.1) is 32.9 Å². The molecule has 0 saturated carbocycles. The van der Waals surface area contributed by atoms with Gasteiger partial charge in [-0.2, -0.15) is 0 Å². The summed E-state index contributed by atoms with van der Waals surface area (Å²) in [5, 5.41) is 5.37. The largest absolute Gasteiger partial charge is 0.496 e. The Morgan fingerprint density at radius 1 is 1.05 bits per heavy atom. The average Bonchev–Trinajstić information content (AvgIpc) is 3.01. The second-order valence-electron chi connectivity index (χ2n) is 4.18. The Morgan fingerprint density at radius 2 is 1.70 bits per heavy atom. The van der Waals surface area contributed by atoms with Gasteiger partial charge in [-0.3, -0.25) is 0 Å². The lowest BCUT2D eigenvalue weighted by atomic mass is 10.0. The summed E-state index contributed by atoms with van der Waals surface area (Å²) in [5.41, 5.74) is 0.973. The maximum absolute atomic E-state index is 5.52. The van der Waals surface area contributed by atoms with Crippen LogP contribution in [0.1, 0.15) is 16.5 Å². The quantitative estimate of drug-likeness (QED) is 0.888. The highest BCUT2D eigenvalue weighted by atomic mass is 32.1. The maximum atomic E-state index is 5.52. The van der Waals surface area contributed by atoms with Crippen LogP contribution in [0.15, 0.2) is 29.6 Å². The van der Waals surface area contributed by atoms with Crippen molar-refractivity contribution in [1.82, 2.24) is 5.32 Å². The van der Waals surface area contributed by atoms with Crippen molar-refractivity contribution in [3.05, 3.63) is 40.1 Å². The summed E-state index contributed by atoms with van der Waals surface area (Å²) in [6, 6.07) is 7.89. The number of methoxy groups -OCH3 is 3. The molecule has 0 aliphatic rings. The third-order valence-electron chi connectivity index (χ3n) is 3.16. The van der Waals surface area contributed by atoms with Crippen LogP contribution in [-0.2, 0) is 0 Å². The van der Waals surface area contributed by atoms with E-state index in [2.05, 4.69) is 16.8 Å². The fraction of sp³-hybridized carbons (Fsp3) is 0.333. The predicted octanol–water partition coefficient (Wildman–Crippen LogP) is 3.08. The summed E-state index contributed by atoms with van der Waals surface area (Å²) in [6.07, 6.45) is 0. The number of rotatable bonds is 6. The molecule has 0 bridgehead atoms. The average molecular weight is 293 g/mol. The smallest absolute Gasteiger partial charge is 0.131 e. The molecule has 20 heavy (non-hydrogen) atoms. The number of hydrogen-bond donors (Lipinski definition) is 1. The molecular weight excluding hydrogens is 274 g/mol. The van der Waals surface area contributed by atoms with Crippen molar-refractivity contribution >= 4 is 11.3 Å². The Balaban J connectivity index is 2.58. The first kappa shape index (κ1) is 14.7. The highest BCUT2D eigenvalue weighted by Crippen LogP contribution is 2.41. The molecule has 0 aliphatic heterocycles. The van der Waals surface area contributed by atoms with Crippen LogP contribution in [0.3, 0.4) is 0 Å². The van der Waals surface area contributed by atoms with Gasteiger partial charge in [-0.15, -0.1) is 11.3 Å². The van der Waals surface area contributed by atoms with Crippen molar-refractivity contribution in [3.8, 4) is 17.2 Å². The van der Waals surface area contributed by atoms with E-state index in [1.54, 1.807) is 32.7 Å². The maximum Gasteiger partial charge on any atom is 0.131 e. The predicted molar refractivity (Wildman–Crippen MR) is 81.3 cm³/mol. The first-order valence-electron chi connectivity index (χ1n) is 6.25. The molecule has 0 spiro atoms. The van der Waals surface area contributed by atoms with E-state index in [1.165, 1.54) is 4.88 Å². The zero-order chi connectivity index (χ0) is 14.5. The number of benzene rings is 1. The molecule has 0 saturated heterocycles. The highest BCUT2D eigenvalue weighted by Gasteiger charge is 2.23. The van der Waals surface area contributed by atoms with Gasteiger partial charge in [0, 0.05) is 17.0 Å². The topological polar surface area (TPSA) is 39.7 Å². The second-order valence-corrected chi connectivity index (χ2v) is 5.16. The third kappa shape index (κ3) is 2.73. The van der Waals surface area contributed by atoms with Crippen LogP contribution in [0.25, 0.3) is 0 Å². The molecular formula is C15H19NO3S. The molecule has 2 rings (SSSR count). The normalized spacial score (nSPS) is 12.0. The third-order valence-corrected chi connectivity index (χ3v) is 4.10. The summed E-state index contributed by atoms with van der Waals surface area (Å²) >= 11 is 1.69. The SMILES string of the molecule is CNC(c1cccs1)c1c(OC)cc(OC)cc1OC. The van der Waals surface area contributed by atoms with Gasteiger partial charge >= 0.3 is 0 Å². The molecule has 1 aromatic carbocycles. The number of hydrogen-bond acceptors (Lipinski definition) is 5. The molecule has 0 radical (unpaired) electrons. The first-order valence-corrected chi connectivity index (χ1v) is 7.13. The van der Waals surface area contributed by atoms with Crippen molar-refractivity contribution < 1.29 is 14.2 Å². The standard InChI is InChI=1S/C15H19NO3S/c1-16-15(13-6-5-7-20-13)14-11(18-3)8-10(17-2)9-12(14)19-4/h5-9,15-16H,1-4H3. The van der Waals surface area contributed by atoms with Gasteiger partial charge in [0.25, 0.3) is 0 Å². The van der Waals surface area contributed by atoms with E-state index >= 15 is 0 Å². The lowest BCUT2D eigenvalue weighted by Crippen LogP contribution is -2.18. The van der Waals surface area contributed by atoms with Crippen LogP contribution < -0.4 is 19.5 Å². The van der Waals surface area contributed by atoms with E-state index in [-0.39, 0.29) is 6.04 Å². The fourth-order valence-corrected chi connectivity index (χ4v) is 3.04. The molecule has 1 N–H and O–H groups in total. The minimum Gasteiger partial charge on any atom is -0.496 e. The van der Waals surface area contributed by atoms with Gasteiger partial charge in [-0.25, -0.2) is 0 Å². The summed E-state index contributed by atoms with van der Waals surface area (Å²) in [7, 11) is 6.86. The number of nitrogens with one attached hydrogen (secondary N) is 1. The highest BCUT2D eigenvalue weighted by molar-refractivity contribution is 7.10. The van der Waals surface area contributed by atoms with Crippen LogP contribution in [0.2, 0.25) is 0 Å². The minimum absolute atomic E-state index is 0.0193. The molecule has 108 valence electrons. The van der Waals surface area contributed by atoms with Crippen LogP contribution in [-0.4, -0.2) is 28.4 Å². The summed E-state index contributed by atoms with van der Waals surface area (Å²) in [4.78, 5) is 1.20. The zero-order valence-corrected chi connectivity index (χ0v) is 12.9. The van der Waals surface area contributed by atoms with E-state index in [4.69, 9.17) is 14.2 Å². The Morgan fingerprint density at radius 3 is 2.10 bits per heavy atom. The Bertz CT molecular complexity index is 529. The first-order chi connectivity index (χ1) is 9.74. The van der Waals surface area contributed by atoms with E-state index in [9.17, 15) is 0 Å². The molecule has 0 aliphatic carbocycles. The molecule has 1 aromatic heterocycles. The van der Waals surface area contributed by atoms with Crippen LogP contribution >= 0.6 is 11.3 Å². The Hall–Kier alpha value is -1.72. The van der Waals surface area contributed by atoms with Gasteiger partial charge in [-0.1, -0.05) is 6.07 Å². The van der Waals surface area contributed by atoms with E-state index in [0.717, 1.165) is 17.1 Å². The molecule has 2 aromatic rings. The van der Waals surface area contributed by atoms with Crippen molar-refractivity contribution in [2.24, 2.45) is 0 Å². The summed E-state index contributed by atoms with van der Waals surface area (Å²) < 4.78 is 16.3. The van der Waals surface area contributed by atoms with Crippen LogP contribution in [0.5, 0.6) is 17.2 Å². The van der Waals surface area contributed by atoms with Crippen LogP contribution in [0, 0.1) is 0 Å². The van der Waals surface area contributed by atoms with E-state index < -0.39 is 0 Å². The van der Waals surface area contributed by atoms with Crippen LogP contribution in [0.4, 0.5) is 0 Å². The summed E-state index contributed by atoms with van der Waals surface area (Å²) in [5.74, 6) is 2.20. The van der Waals surface area contributed by atoms with Gasteiger partial charge in [0.15, 0.2) is 0 Å². The van der Waals surface area contributed by atoms with Gasteiger partial charge in [-0.05, 0) is 18.5 Å². The van der Waals surface area contributed by atoms with Crippen molar-refractivity contribution in [3.63, 3.8) is 0 Å². The molecule has 4 nitrogen and oxygen atoms in total. The summed E-state index contributed by atoms with van der Waals surface area (Å²) in [6.45, 7) is 0. The fourth-order valence-electron chi connectivity index (χ4n) is 2.20. The number of ether oxygens (including phenoxy) is 3. The zero-order valence-electron chi connectivity index (χ0n) is 12.1. The monoisotopic (exact) mass is 293 g/mol. The van der Waals surface area contributed by atoms with E-state index in [0.29, 0.717) is 5.75 Å². The second kappa shape index (κ2) is 6.63. The molecule has 5 heteroatoms. The minimum atomic E-state index is 0.0193. The molecule has 0 fully saturated rings. The number of thiophene rings is 1.